The molecule has 0 saturated heterocycles. The maximum atomic E-state index is 14.5. The first-order chi connectivity index (χ1) is 14.8. The van der Waals surface area contributed by atoms with E-state index in [1.807, 2.05) is 0 Å². The Kier molecular flexibility index (Phi) is 5.63. The molecule has 2 N–H and O–H groups in total. The number of halogens is 3. The zero-order chi connectivity index (χ0) is 22.2. The molecule has 0 atom stereocenters. The molecular weight excluding hydrogens is 426 g/mol. The first-order valence-corrected chi connectivity index (χ1v) is 10.5. The number of nitrogens with zero attached hydrogens (tertiary/aromatic N) is 1. The molecule has 1 fully saturated rings. The van der Waals surface area contributed by atoms with Crippen molar-refractivity contribution in [3.8, 4) is 11.8 Å². The maximum absolute atomic E-state index is 14.5. The van der Waals surface area contributed by atoms with E-state index in [0.717, 1.165) is 0 Å². The summed E-state index contributed by atoms with van der Waals surface area (Å²) >= 11 is 5.83. The first-order valence-electron chi connectivity index (χ1n) is 10.1. The molecule has 1 aliphatic heterocycles. The van der Waals surface area contributed by atoms with Crippen molar-refractivity contribution in [1.82, 2.24) is 0 Å². The van der Waals surface area contributed by atoms with Gasteiger partial charge in [-0.3, -0.25) is 4.79 Å². The number of anilines is 1. The van der Waals surface area contributed by atoms with Crippen LogP contribution in [-0.2, 0) is 16.6 Å². The molecule has 0 spiro atoms. The lowest BCUT2D eigenvalue weighted by Crippen LogP contribution is -2.45. The van der Waals surface area contributed by atoms with Crippen LogP contribution in [0.2, 0.25) is 5.02 Å². The van der Waals surface area contributed by atoms with E-state index in [2.05, 4.69) is 11.4 Å². The van der Waals surface area contributed by atoms with Gasteiger partial charge in [-0.25, -0.2) is 8.78 Å². The minimum atomic E-state index is -1.21. The average molecular weight is 447 g/mol. The van der Waals surface area contributed by atoms with Gasteiger partial charge in [0.25, 0.3) is 0 Å². The van der Waals surface area contributed by atoms with Crippen LogP contribution in [0.15, 0.2) is 30.3 Å². The average Bonchev–Trinajstić information content (AvgIpc) is 2.75. The van der Waals surface area contributed by atoms with Gasteiger partial charge in [0.2, 0.25) is 5.91 Å². The van der Waals surface area contributed by atoms with Crippen LogP contribution in [-0.4, -0.2) is 23.2 Å². The van der Waals surface area contributed by atoms with Crippen molar-refractivity contribution in [2.24, 2.45) is 0 Å². The molecule has 1 aliphatic carbocycles. The van der Waals surface area contributed by atoms with Gasteiger partial charge in [-0.2, -0.15) is 5.26 Å². The van der Waals surface area contributed by atoms with Gasteiger partial charge in [0, 0.05) is 22.6 Å². The van der Waals surface area contributed by atoms with Crippen LogP contribution in [0.5, 0.6) is 5.75 Å². The van der Waals surface area contributed by atoms with Gasteiger partial charge < -0.3 is 15.2 Å². The van der Waals surface area contributed by atoms with Crippen molar-refractivity contribution in [3.63, 3.8) is 0 Å². The third-order valence-electron chi connectivity index (χ3n) is 6.28. The summed E-state index contributed by atoms with van der Waals surface area (Å²) in [6, 6.07) is 9.22. The van der Waals surface area contributed by atoms with E-state index in [1.165, 1.54) is 24.3 Å². The highest BCUT2D eigenvalue weighted by atomic mass is 35.5. The summed E-state index contributed by atoms with van der Waals surface area (Å²) in [7, 11) is 0. The molecule has 1 heterocycles. The van der Waals surface area contributed by atoms with E-state index >= 15 is 0 Å². The molecule has 5 nitrogen and oxygen atoms in total. The van der Waals surface area contributed by atoms with E-state index in [1.54, 1.807) is 6.07 Å². The second kappa shape index (κ2) is 8.10. The quantitative estimate of drug-likeness (QED) is 0.716. The van der Waals surface area contributed by atoms with Crippen LogP contribution in [0.25, 0.3) is 0 Å². The maximum Gasteiger partial charge on any atom is 0.224 e. The molecule has 0 unspecified atom stereocenters. The Morgan fingerprint density at radius 1 is 1.13 bits per heavy atom. The van der Waals surface area contributed by atoms with Gasteiger partial charge in [-0.15, -0.1) is 0 Å². The number of nitriles is 1. The number of carbonyl (C=O) groups excluding carboxylic acids is 1. The van der Waals surface area contributed by atoms with Crippen molar-refractivity contribution >= 4 is 23.2 Å². The van der Waals surface area contributed by atoms with Gasteiger partial charge >= 0.3 is 0 Å². The Morgan fingerprint density at radius 3 is 2.55 bits per heavy atom. The number of benzene rings is 2. The van der Waals surface area contributed by atoms with Gasteiger partial charge in [0.05, 0.1) is 22.8 Å². The highest BCUT2D eigenvalue weighted by Crippen LogP contribution is 2.44. The lowest BCUT2D eigenvalue weighted by Gasteiger charge is -2.40. The lowest BCUT2D eigenvalue weighted by atomic mass is 9.66. The number of hydrogen-bond acceptors (Lipinski definition) is 4. The fourth-order valence-corrected chi connectivity index (χ4v) is 4.54. The minimum Gasteiger partial charge on any atom is -0.490 e. The first kappa shape index (κ1) is 21.5. The van der Waals surface area contributed by atoms with E-state index < -0.39 is 22.7 Å². The highest BCUT2D eigenvalue weighted by molar-refractivity contribution is 6.30. The molecule has 31 heavy (non-hydrogen) atoms. The molecule has 1 saturated carbocycles. The largest absolute Gasteiger partial charge is 0.490 e. The normalized spacial score (nSPS) is 25.3. The van der Waals surface area contributed by atoms with Gasteiger partial charge in [-0.05, 0) is 56.4 Å². The summed E-state index contributed by atoms with van der Waals surface area (Å²) in [6.45, 7) is -0.0520. The Bertz CT molecular complexity index is 1080. The molecule has 0 radical (unpaired) electrons. The molecule has 2 aliphatic rings. The monoisotopic (exact) mass is 446 g/mol. The molecule has 2 aromatic rings. The zero-order valence-electron chi connectivity index (χ0n) is 16.7. The minimum absolute atomic E-state index is 0.0520. The molecule has 2 aromatic carbocycles. The standard InChI is InChI=1S/C23H21ClF2N2O3/c24-14-1-3-16(18(26)11-14)22(12-27)7-9-23(30,10-8-22)13-31-19-5-4-17(25)21-15(19)2-6-20(29)28-21/h1,3-5,11,30H,2,6-10,13H2,(H,28,29)/t22-,23-. The van der Waals surface area contributed by atoms with Crippen LogP contribution >= 0.6 is 11.6 Å². The molecule has 8 heteroatoms. The fraction of sp³-hybridized carbons (Fsp3) is 0.391. The van der Waals surface area contributed by atoms with Crippen LogP contribution in [0.4, 0.5) is 14.5 Å². The molecule has 0 aromatic heterocycles. The van der Waals surface area contributed by atoms with Gasteiger partial charge in [0.1, 0.15) is 24.0 Å². The molecule has 4 rings (SSSR count). The van der Waals surface area contributed by atoms with Crippen molar-refractivity contribution in [3.05, 3.63) is 58.1 Å². The Balaban J connectivity index is 1.48. The van der Waals surface area contributed by atoms with Crippen molar-refractivity contribution < 1.29 is 23.4 Å². The number of amides is 1. The number of nitrogens with one attached hydrogen (secondary N) is 1. The highest BCUT2D eigenvalue weighted by Gasteiger charge is 2.45. The summed E-state index contributed by atoms with van der Waals surface area (Å²) in [5.74, 6) is -0.909. The predicted octanol–water partition coefficient (Wildman–Crippen LogP) is 4.65. The van der Waals surface area contributed by atoms with E-state index in [9.17, 15) is 23.9 Å². The number of aliphatic hydroxyl groups is 1. The van der Waals surface area contributed by atoms with Crippen molar-refractivity contribution in [2.45, 2.75) is 49.5 Å². The van der Waals surface area contributed by atoms with Crippen LogP contribution in [0.3, 0.4) is 0 Å². The van der Waals surface area contributed by atoms with E-state index in [4.69, 9.17) is 16.3 Å². The molecule has 1 amide bonds. The predicted molar refractivity (Wildman–Crippen MR) is 111 cm³/mol. The van der Waals surface area contributed by atoms with Crippen LogP contribution in [0, 0.1) is 23.0 Å². The Hall–Kier alpha value is -2.69. The SMILES string of the molecule is N#C[C@]1(c2ccc(Cl)cc2F)CC[C@@](O)(COc2ccc(F)c3c2CCC(=O)N3)CC1. The lowest BCUT2D eigenvalue weighted by molar-refractivity contribution is -0.116. The number of rotatable bonds is 4. The summed E-state index contributed by atoms with van der Waals surface area (Å²) in [6.07, 6.45) is 1.58. The summed E-state index contributed by atoms with van der Waals surface area (Å²) in [4.78, 5) is 11.6. The van der Waals surface area contributed by atoms with E-state index in [0.29, 0.717) is 17.7 Å². The fourth-order valence-electron chi connectivity index (χ4n) is 4.38. The number of fused-ring (bicyclic) bond motifs is 1. The Morgan fingerprint density at radius 2 is 1.87 bits per heavy atom. The molecule has 162 valence electrons. The molecular formula is C23H21ClF2N2O3. The summed E-state index contributed by atoms with van der Waals surface area (Å²) < 4.78 is 34.4. The zero-order valence-corrected chi connectivity index (χ0v) is 17.4. The second-order valence-corrected chi connectivity index (χ2v) is 8.71. The number of hydrogen-bond donors (Lipinski definition) is 2. The summed E-state index contributed by atoms with van der Waals surface area (Å²) in [5.41, 5.74) is -1.28. The van der Waals surface area contributed by atoms with Crippen molar-refractivity contribution in [1.29, 1.82) is 5.26 Å². The number of ether oxygens (including phenoxy) is 1. The Labute approximate surface area is 183 Å². The summed E-state index contributed by atoms with van der Waals surface area (Å²) in [5, 5.41) is 23.6. The van der Waals surface area contributed by atoms with E-state index in [-0.39, 0.29) is 60.9 Å². The van der Waals surface area contributed by atoms with Crippen LogP contribution in [0.1, 0.15) is 43.2 Å². The topological polar surface area (TPSA) is 82.3 Å². The van der Waals surface area contributed by atoms with Crippen molar-refractivity contribution in [2.75, 3.05) is 11.9 Å². The third kappa shape index (κ3) is 4.10. The van der Waals surface area contributed by atoms with Gasteiger partial charge in [0.15, 0.2) is 0 Å². The molecule has 0 bridgehead atoms. The van der Waals surface area contributed by atoms with Crippen LogP contribution < -0.4 is 10.1 Å². The third-order valence-corrected chi connectivity index (χ3v) is 6.51. The second-order valence-electron chi connectivity index (χ2n) is 8.28. The van der Waals surface area contributed by atoms with Gasteiger partial charge in [-0.1, -0.05) is 17.7 Å². The smallest absolute Gasteiger partial charge is 0.224 e. The number of carbonyl (C=O) groups is 1.